The van der Waals surface area contributed by atoms with Crippen molar-refractivity contribution in [3.8, 4) is 0 Å². The Balaban J connectivity index is 2.12. The van der Waals surface area contributed by atoms with Crippen molar-refractivity contribution >= 4 is 11.2 Å². The van der Waals surface area contributed by atoms with Gasteiger partial charge in [0.05, 0.1) is 6.61 Å². The maximum atomic E-state index is 11.9. The molecule has 0 saturated carbocycles. The van der Waals surface area contributed by atoms with E-state index in [1.54, 1.807) is 0 Å². The van der Waals surface area contributed by atoms with E-state index >= 15 is 0 Å². The fourth-order valence-corrected chi connectivity index (χ4v) is 2.20. The molecule has 0 amide bonds. The largest absolute Gasteiger partial charge is 0.394 e. The van der Waals surface area contributed by atoms with Crippen LogP contribution in [-0.4, -0.2) is 60.2 Å². The van der Waals surface area contributed by atoms with Gasteiger partial charge >= 0.3 is 0 Å². The van der Waals surface area contributed by atoms with Crippen LogP contribution in [0.3, 0.4) is 0 Å². The van der Waals surface area contributed by atoms with Gasteiger partial charge < -0.3 is 20.1 Å². The highest BCUT2D eigenvalue weighted by molar-refractivity contribution is 5.69. The lowest BCUT2D eigenvalue weighted by atomic mass is 10.1. The molecule has 2 aromatic rings. The van der Waals surface area contributed by atoms with Gasteiger partial charge in [0, 0.05) is 6.07 Å². The van der Waals surface area contributed by atoms with Crippen molar-refractivity contribution in [2.45, 2.75) is 24.5 Å². The van der Waals surface area contributed by atoms with Gasteiger partial charge in [0.25, 0.3) is 5.56 Å². The van der Waals surface area contributed by atoms with Crippen LogP contribution in [0.5, 0.6) is 0 Å². The molecule has 4 atom stereocenters. The molecule has 0 radical (unpaired) electrons. The molecule has 0 aromatic carbocycles. The summed E-state index contributed by atoms with van der Waals surface area (Å²) in [6, 6.07) is 2.75. The van der Waals surface area contributed by atoms with Gasteiger partial charge in [0.15, 0.2) is 11.9 Å². The number of hydrogen-bond donors (Lipinski definition) is 4. The summed E-state index contributed by atoms with van der Waals surface area (Å²) in [5.41, 5.74) is 0.191. The lowest BCUT2D eigenvalue weighted by molar-refractivity contribution is -0.0524. The molecule has 19 heavy (non-hydrogen) atoms. The van der Waals surface area contributed by atoms with E-state index in [1.807, 2.05) is 0 Å². The van der Waals surface area contributed by atoms with Crippen molar-refractivity contribution in [1.29, 1.82) is 0 Å². The Morgan fingerprint density at radius 2 is 2.11 bits per heavy atom. The number of aromatic nitrogens is 4. The smallest absolute Gasteiger partial charge is 0.254 e. The van der Waals surface area contributed by atoms with E-state index in [1.165, 1.54) is 12.1 Å². The summed E-state index contributed by atoms with van der Waals surface area (Å²) in [6.45, 7) is -0.460. The molecule has 1 aliphatic rings. The lowest BCUT2D eigenvalue weighted by Crippen LogP contribution is -2.35. The predicted molar refractivity (Wildman–Crippen MR) is 61.2 cm³/mol. The first-order valence-corrected chi connectivity index (χ1v) is 5.68. The third-order valence-corrected chi connectivity index (χ3v) is 3.18. The van der Waals surface area contributed by atoms with Crippen molar-refractivity contribution in [3.05, 3.63) is 22.5 Å². The van der Waals surface area contributed by atoms with E-state index in [0.29, 0.717) is 5.52 Å². The van der Waals surface area contributed by atoms with Gasteiger partial charge in [-0.25, -0.2) is 0 Å². The molecular weight excluding hydrogens is 256 g/mol. The van der Waals surface area contributed by atoms with Crippen LogP contribution in [0, 0.1) is 0 Å². The van der Waals surface area contributed by atoms with Crippen LogP contribution >= 0.6 is 0 Å². The molecule has 102 valence electrons. The van der Waals surface area contributed by atoms with Gasteiger partial charge in [-0.3, -0.25) is 9.36 Å². The van der Waals surface area contributed by atoms with Crippen LogP contribution in [-0.2, 0) is 4.74 Å². The second-order valence-electron chi connectivity index (χ2n) is 4.30. The molecule has 9 heteroatoms. The van der Waals surface area contributed by atoms with Gasteiger partial charge in [0.2, 0.25) is 0 Å². The van der Waals surface area contributed by atoms with Crippen molar-refractivity contribution in [2.75, 3.05) is 6.61 Å². The Hall–Kier alpha value is -1.81. The second kappa shape index (κ2) is 4.38. The number of aliphatic hydroxyl groups is 3. The molecule has 4 N–H and O–H groups in total. The van der Waals surface area contributed by atoms with Crippen LogP contribution < -0.4 is 5.56 Å². The number of pyridine rings is 1. The highest BCUT2D eigenvalue weighted by atomic mass is 16.6. The van der Waals surface area contributed by atoms with Crippen molar-refractivity contribution in [3.63, 3.8) is 0 Å². The molecule has 9 nitrogen and oxygen atoms in total. The van der Waals surface area contributed by atoms with Crippen molar-refractivity contribution in [2.24, 2.45) is 0 Å². The summed E-state index contributed by atoms with van der Waals surface area (Å²) in [5.74, 6) is 0. The molecule has 0 spiro atoms. The topological polar surface area (TPSA) is 133 Å². The number of H-pyrrole nitrogens is 1. The van der Waals surface area contributed by atoms with Crippen LogP contribution in [0.4, 0.5) is 0 Å². The number of nitrogens with zero attached hydrogens (tertiary/aromatic N) is 3. The first-order valence-electron chi connectivity index (χ1n) is 5.68. The van der Waals surface area contributed by atoms with Gasteiger partial charge in [-0.05, 0) is 6.07 Å². The van der Waals surface area contributed by atoms with Gasteiger partial charge in [-0.15, -0.1) is 5.10 Å². The summed E-state index contributed by atoms with van der Waals surface area (Å²) >= 11 is 0. The molecule has 1 aliphatic heterocycles. The van der Waals surface area contributed by atoms with Crippen molar-refractivity contribution < 1.29 is 20.1 Å². The minimum Gasteiger partial charge on any atom is -0.394 e. The zero-order valence-corrected chi connectivity index (χ0v) is 9.67. The summed E-state index contributed by atoms with van der Waals surface area (Å²) in [6.07, 6.45) is -4.68. The van der Waals surface area contributed by atoms with Crippen LogP contribution in [0.1, 0.15) is 6.23 Å². The fraction of sp³-hybridized carbons (Fsp3) is 0.500. The summed E-state index contributed by atoms with van der Waals surface area (Å²) < 4.78 is 6.41. The number of aliphatic hydroxyl groups excluding tert-OH is 3. The van der Waals surface area contributed by atoms with E-state index in [9.17, 15) is 15.0 Å². The third kappa shape index (κ3) is 1.75. The van der Waals surface area contributed by atoms with E-state index in [4.69, 9.17) is 9.84 Å². The van der Waals surface area contributed by atoms with Gasteiger partial charge in [0.1, 0.15) is 23.8 Å². The Morgan fingerprint density at radius 1 is 1.32 bits per heavy atom. The van der Waals surface area contributed by atoms with E-state index < -0.39 is 36.7 Å². The SMILES string of the molecule is O=c1ccc2n[nH]nc2n1[C@@H]1O[C@H](CO)C(O)[C@@H]1O. The quantitative estimate of drug-likeness (QED) is 0.482. The fourth-order valence-electron chi connectivity index (χ4n) is 2.20. The maximum Gasteiger partial charge on any atom is 0.254 e. The molecular formula is C10H12N4O5. The third-order valence-electron chi connectivity index (χ3n) is 3.18. The molecule has 1 unspecified atom stereocenters. The zero-order valence-electron chi connectivity index (χ0n) is 9.67. The number of aromatic amines is 1. The van der Waals surface area contributed by atoms with Crippen molar-refractivity contribution in [1.82, 2.24) is 20.0 Å². The minimum atomic E-state index is -1.34. The summed E-state index contributed by atoms with van der Waals surface area (Å²) in [5, 5.41) is 38.7. The molecule has 3 rings (SSSR count). The molecule has 1 saturated heterocycles. The van der Waals surface area contributed by atoms with Crippen LogP contribution in [0.2, 0.25) is 0 Å². The monoisotopic (exact) mass is 268 g/mol. The molecule has 3 heterocycles. The second-order valence-corrected chi connectivity index (χ2v) is 4.30. The molecule has 1 fully saturated rings. The van der Waals surface area contributed by atoms with Gasteiger partial charge in [-0.1, -0.05) is 0 Å². The highest BCUT2D eigenvalue weighted by Crippen LogP contribution is 2.29. The first-order chi connectivity index (χ1) is 9.13. The number of fused-ring (bicyclic) bond motifs is 1. The lowest BCUT2D eigenvalue weighted by Gasteiger charge is -2.17. The summed E-state index contributed by atoms with van der Waals surface area (Å²) in [7, 11) is 0. The zero-order chi connectivity index (χ0) is 13.6. The van der Waals surface area contributed by atoms with E-state index in [-0.39, 0.29) is 5.65 Å². The first kappa shape index (κ1) is 12.2. The van der Waals surface area contributed by atoms with Gasteiger partial charge in [-0.2, -0.15) is 10.3 Å². The highest BCUT2D eigenvalue weighted by Gasteiger charge is 2.44. The summed E-state index contributed by atoms with van der Waals surface area (Å²) in [4.78, 5) is 11.9. The van der Waals surface area contributed by atoms with Crippen LogP contribution in [0.25, 0.3) is 11.2 Å². The van der Waals surface area contributed by atoms with Crippen LogP contribution in [0.15, 0.2) is 16.9 Å². The standard InChI is InChI=1S/C10H12N4O5/c15-3-5-7(17)8(18)10(19-5)14-6(16)2-1-4-9(14)12-13-11-4/h1-2,5,7-8,10,15,17-18H,3H2,(H,11,12,13)/t5-,7?,8+,10-/m1/s1. The minimum absolute atomic E-state index is 0.210. The average molecular weight is 268 g/mol. The number of ether oxygens (including phenoxy) is 1. The van der Waals surface area contributed by atoms with E-state index in [2.05, 4.69) is 15.4 Å². The Morgan fingerprint density at radius 3 is 2.79 bits per heavy atom. The Kier molecular flexibility index (Phi) is 2.82. The number of nitrogens with one attached hydrogen (secondary N) is 1. The number of rotatable bonds is 2. The average Bonchev–Trinajstić information content (AvgIpc) is 2.97. The molecule has 0 aliphatic carbocycles. The molecule has 2 aromatic heterocycles. The number of hydrogen-bond acceptors (Lipinski definition) is 7. The molecule has 0 bridgehead atoms. The van der Waals surface area contributed by atoms with E-state index in [0.717, 1.165) is 4.57 Å². The Labute approximate surface area is 106 Å². The Bertz CT molecular complexity index is 653. The maximum absolute atomic E-state index is 11.9. The predicted octanol–water partition coefficient (Wildman–Crippen LogP) is -2.27. The normalized spacial score (nSPS) is 31.1.